The van der Waals surface area contributed by atoms with Gasteiger partial charge in [0.2, 0.25) is 0 Å². The van der Waals surface area contributed by atoms with Crippen LogP contribution in [-0.4, -0.2) is 20.7 Å². The van der Waals surface area contributed by atoms with Gasteiger partial charge in [0.05, 0.1) is 6.20 Å². The van der Waals surface area contributed by atoms with Crippen LogP contribution in [0.25, 0.3) is 16.8 Å². The lowest BCUT2D eigenvalue weighted by Crippen LogP contribution is -2.18. The molecule has 7 heteroatoms. The van der Waals surface area contributed by atoms with E-state index in [1.54, 1.807) is 29.0 Å². The number of rotatable bonds is 6. The van der Waals surface area contributed by atoms with Crippen molar-refractivity contribution in [2.75, 3.05) is 5.32 Å². The average Bonchev–Trinajstić information content (AvgIpc) is 3.10. The molecule has 4 aromatic rings. The number of ether oxygens (including phenoxy) is 1. The zero-order valence-electron chi connectivity index (χ0n) is 16.9. The van der Waals surface area contributed by atoms with Gasteiger partial charge in [-0.25, -0.2) is 9.50 Å². The molecular weight excluding hydrogens is 386 g/mol. The maximum Gasteiger partial charge on any atom is 0.394 e. The van der Waals surface area contributed by atoms with Gasteiger partial charge in [-0.3, -0.25) is 0 Å². The summed E-state index contributed by atoms with van der Waals surface area (Å²) < 4.78 is 32.7. The summed E-state index contributed by atoms with van der Waals surface area (Å²) in [7, 11) is 0. The number of hydrogen-bond acceptors (Lipinski definition) is 4. The third-order valence-corrected chi connectivity index (χ3v) is 4.66. The van der Waals surface area contributed by atoms with Gasteiger partial charge in [-0.2, -0.15) is 13.9 Å². The van der Waals surface area contributed by atoms with E-state index in [0.29, 0.717) is 29.9 Å². The van der Waals surface area contributed by atoms with Gasteiger partial charge in [0.15, 0.2) is 5.65 Å². The van der Waals surface area contributed by atoms with E-state index in [1.165, 1.54) is 11.6 Å². The predicted octanol–water partition coefficient (Wildman–Crippen LogP) is 6.25. The highest BCUT2D eigenvalue weighted by molar-refractivity contribution is 5.78. The number of hydrogen-bond donors (Lipinski definition) is 1. The molecule has 154 valence electrons. The van der Waals surface area contributed by atoms with Crippen LogP contribution in [0.5, 0.6) is 5.75 Å². The molecule has 0 saturated heterocycles. The Bertz CT molecular complexity index is 1160. The van der Waals surface area contributed by atoms with Crippen LogP contribution in [0, 0.1) is 0 Å². The molecule has 2 aromatic heterocycles. The molecule has 0 saturated carbocycles. The minimum atomic E-state index is -3.25. The number of halogens is 2. The zero-order chi connectivity index (χ0) is 21.3. The lowest BCUT2D eigenvalue weighted by Gasteiger charge is -2.13. The number of benzene rings is 2. The van der Waals surface area contributed by atoms with Gasteiger partial charge in [-0.1, -0.05) is 38.1 Å². The molecule has 2 aromatic carbocycles. The van der Waals surface area contributed by atoms with E-state index in [1.807, 2.05) is 24.3 Å². The fourth-order valence-electron chi connectivity index (χ4n) is 3.18. The fraction of sp³-hybridized carbons (Fsp3) is 0.217. The molecule has 0 bridgehead atoms. The maximum absolute atomic E-state index is 13.2. The van der Waals surface area contributed by atoms with Crippen molar-refractivity contribution in [1.29, 1.82) is 0 Å². The van der Waals surface area contributed by atoms with Gasteiger partial charge in [-0.05, 0) is 47.4 Å². The second-order valence-corrected chi connectivity index (χ2v) is 7.48. The number of fused-ring (bicyclic) bond motifs is 1. The van der Waals surface area contributed by atoms with Crippen LogP contribution < -0.4 is 10.1 Å². The Balaban J connectivity index is 1.64. The SMILES string of the molecule is CC(C)c1ccc(Nc2ccn3ncc(-c4cccc(OC(C)(F)F)c4)c3n2)cc1. The monoisotopic (exact) mass is 408 g/mol. The number of anilines is 2. The summed E-state index contributed by atoms with van der Waals surface area (Å²) in [4.78, 5) is 4.67. The van der Waals surface area contributed by atoms with Crippen molar-refractivity contribution in [3.8, 4) is 16.9 Å². The third-order valence-electron chi connectivity index (χ3n) is 4.66. The minimum Gasteiger partial charge on any atom is -0.433 e. The standard InChI is InChI=1S/C23H22F2N4O/c1-15(2)16-7-9-18(10-8-16)27-21-11-12-29-22(28-21)20(14-26-29)17-5-4-6-19(13-17)30-23(3,24)25/h4-15H,1-3H3,(H,27,28). The average molecular weight is 408 g/mol. The highest BCUT2D eigenvalue weighted by Gasteiger charge is 2.23. The molecule has 2 heterocycles. The highest BCUT2D eigenvalue weighted by Crippen LogP contribution is 2.30. The van der Waals surface area contributed by atoms with E-state index in [-0.39, 0.29) is 5.75 Å². The molecule has 0 radical (unpaired) electrons. The molecule has 1 N–H and O–H groups in total. The first-order valence-electron chi connectivity index (χ1n) is 9.67. The van der Waals surface area contributed by atoms with E-state index >= 15 is 0 Å². The Labute approximate surface area is 173 Å². The van der Waals surface area contributed by atoms with E-state index in [4.69, 9.17) is 0 Å². The molecule has 4 rings (SSSR count). The molecule has 0 unspecified atom stereocenters. The molecule has 0 atom stereocenters. The lowest BCUT2D eigenvalue weighted by molar-refractivity contribution is -0.158. The Morgan fingerprint density at radius 3 is 2.53 bits per heavy atom. The quantitative estimate of drug-likeness (QED) is 0.409. The van der Waals surface area contributed by atoms with Gasteiger partial charge in [0.25, 0.3) is 0 Å². The summed E-state index contributed by atoms with van der Waals surface area (Å²) in [6, 6.07) is 16.6. The first kappa shape index (κ1) is 19.8. The topological polar surface area (TPSA) is 51.5 Å². The molecule has 5 nitrogen and oxygen atoms in total. The van der Waals surface area contributed by atoms with Crippen molar-refractivity contribution < 1.29 is 13.5 Å². The largest absolute Gasteiger partial charge is 0.433 e. The Kier molecular flexibility index (Phi) is 5.11. The summed E-state index contributed by atoms with van der Waals surface area (Å²) in [5, 5.41) is 7.61. The molecule has 0 fully saturated rings. The maximum atomic E-state index is 13.2. The van der Waals surface area contributed by atoms with Crippen molar-refractivity contribution in [3.63, 3.8) is 0 Å². The van der Waals surface area contributed by atoms with Gasteiger partial charge >= 0.3 is 6.11 Å². The summed E-state index contributed by atoms with van der Waals surface area (Å²) >= 11 is 0. The van der Waals surface area contributed by atoms with E-state index in [9.17, 15) is 8.78 Å². The van der Waals surface area contributed by atoms with E-state index in [2.05, 4.69) is 46.1 Å². The molecule has 0 aliphatic rings. The van der Waals surface area contributed by atoms with Gasteiger partial charge in [0.1, 0.15) is 11.6 Å². The summed E-state index contributed by atoms with van der Waals surface area (Å²) in [6.45, 7) is 5.02. The Morgan fingerprint density at radius 2 is 1.83 bits per heavy atom. The van der Waals surface area contributed by atoms with Crippen molar-refractivity contribution in [2.45, 2.75) is 32.8 Å². The Morgan fingerprint density at radius 1 is 1.07 bits per heavy atom. The molecule has 30 heavy (non-hydrogen) atoms. The van der Waals surface area contributed by atoms with Crippen molar-refractivity contribution in [2.24, 2.45) is 0 Å². The summed E-state index contributed by atoms with van der Waals surface area (Å²) in [5.41, 5.74) is 4.22. The first-order chi connectivity index (χ1) is 14.3. The highest BCUT2D eigenvalue weighted by atomic mass is 19.3. The minimum absolute atomic E-state index is 0.0823. The number of nitrogens with one attached hydrogen (secondary N) is 1. The molecule has 0 aliphatic carbocycles. The predicted molar refractivity (Wildman–Crippen MR) is 113 cm³/mol. The number of alkyl halides is 2. The van der Waals surface area contributed by atoms with E-state index in [0.717, 1.165) is 11.3 Å². The van der Waals surface area contributed by atoms with Crippen LogP contribution in [0.1, 0.15) is 32.3 Å². The zero-order valence-corrected chi connectivity index (χ0v) is 16.9. The van der Waals surface area contributed by atoms with Gasteiger partial charge in [-0.15, -0.1) is 0 Å². The Hall–Kier alpha value is -3.48. The number of nitrogens with zero attached hydrogens (tertiary/aromatic N) is 3. The van der Waals surface area contributed by atoms with Crippen LogP contribution in [-0.2, 0) is 0 Å². The fourth-order valence-corrected chi connectivity index (χ4v) is 3.18. The van der Waals surface area contributed by atoms with Crippen molar-refractivity contribution in [3.05, 3.63) is 72.6 Å². The lowest BCUT2D eigenvalue weighted by atomic mass is 10.0. The third kappa shape index (κ3) is 4.40. The second kappa shape index (κ2) is 7.74. The second-order valence-electron chi connectivity index (χ2n) is 7.48. The van der Waals surface area contributed by atoms with Crippen molar-refractivity contribution >= 4 is 17.2 Å². The normalized spacial score (nSPS) is 11.8. The molecule has 0 aliphatic heterocycles. The first-order valence-corrected chi connectivity index (χ1v) is 9.67. The summed E-state index contributed by atoms with van der Waals surface area (Å²) in [5.74, 6) is 1.21. The molecule has 0 amide bonds. The molecule has 0 spiro atoms. The molecular formula is C23H22F2N4O. The number of aromatic nitrogens is 3. The van der Waals surface area contributed by atoms with Gasteiger partial charge < -0.3 is 10.1 Å². The van der Waals surface area contributed by atoms with Gasteiger partial charge in [0, 0.05) is 24.4 Å². The smallest absolute Gasteiger partial charge is 0.394 e. The summed E-state index contributed by atoms with van der Waals surface area (Å²) in [6.07, 6.45) is 0.212. The van der Waals surface area contributed by atoms with Crippen LogP contribution in [0.3, 0.4) is 0 Å². The van der Waals surface area contributed by atoms with Crippen LogP contribution in [0.15, 0.2) is 67.0 Å². The van der Waals surface area contributed by atoms with Crippen LogP contribution in [0.4, 0.5) is 20.3 Å². The van der Waals surface area contributed by atoms with Crippen molar-refractivity contribution in [1.82, 2.24) is 14.6 Å². The van der Waals surface area contributed by atoms with Crippen LogP contribution in [0.2, 0.25) is 0 Å². The van der Waals surface area contributed by atoms with E-state index < -0.39 is 6.11 Å². The van der Waals surface area contributed by atoms with Crippen LogP contribution >= 0.6 is 0 Å².